The van der Waals surface area contributed by atoms with Crippen LogP contribution >= 0.6 is 0 Å². The molecule has 0 spiro atoms. The van der Waals surface area contributed by atoms with Crippen LogP contribution in [-0.4, -0.2) is 11.6 Å². The van der Waals surface area contributed by atoms with E-state index in [2.05, 4.69) is 4.98 Å². The van der Waals surface area contributed by atoms with E-state index in [1.54, 1.807) is 0 Å². The van der Waals surface area contributed by atoms with Gasteiger partial charge in [-0.2, -0.15) is 0 Å². The van der Waals surface area contributed by atoms with Gasteiger partial charge in [-0.05, 0) is 37.3 Å². The third kappa shape index (κ3) is 4.26. The van der Waals surface area contributed by atoms with Crippen molar-refractivity contribution >= 4 is 0 Å². The second kappa shape index (κ2) is 8.02. The molecule has 3 aromatic rings. The molecular formula is C20H19NO3. The Morgan fingerprint density at radius 2 is 1.33 bits per heavy atom. The van der Waals surface area contributed by atoms with Gasteiger partial charge in [-0.3, -0.25) is 0 Å². The van der Waals surface area contributed by atoms with Gasteiger partial charge in [0.2, 0.25) is 5.88 Å². The van der Waals surface area contributed by atoms with E-state index in [1.807, 2.05) is 85.8 Å². The molecule has 0 aliphatic carbocycles. The minimum atomic E-state index is -0.671. The van der Waals surface area contributed by atoms with Gasteiger partial charge >= 0.3 is 0 Å². The average Bonchev–Trinajstić information content (AvgIpc) is 2.63. The van der Waals surface area contributed by atoms with E-state index in [9.17, 15) is 0 Å². The number of aromatic nitrogens is 1. The summed E-state index contributed by atoms with van der Waals surface area (Å²) in [4.78, 5) is 4.48. The van der Waals surface area contributed by atoms with Gasteiger partial charge < -0.3 is 14.2 Å². The highest BCUT2D eigenvalue weighted by molar-refractivity contribution is 5.25. The van der Waals surface area contributed by atoms with Crippen molar-refractivity contribution in [2.24, 2.45) is 0 Å². The summed E-state index contributed by atoms with van der Waals surface area (Å²) < 4.78 is 17.5. The molecule has 0 radical (unpaired) electrons. The lowest BCUT2D eigenvalue weighted by molar-refractivity contribution is -0.000102. The van der Waals surface area contributed by atoms with Gasteiger partial charge in [-0.25, -0.2) is 4.98 Å². The molecule has 24 heavy (non-hydrogen) atoms. The zero-order valence-electron chi connectivity index (χ0n) is 13.5. The first-order valence-corrected chi connectivity index (χ1v) is 7.88. The first-order chi connectivity index (χ1) is 11.8. The lowest BCUT2D eigenvalue weighted by Gasteiger charge is -2.20. The second-order valence-electron chi connectivity index (χ2n) is 5.03. The van der Waals surface area contributed by atoms with Crippen LogP contribution in [0.15, 0.2) is 78.9 Å². The summed E-state index contributed by atoms with van der Waals surface area (Å²) in [5.41, 5.74) is 0.647. The number of ether oxygens (including phenoxy) is 3. The highest BCUT2D eigenvalue weighted by Gasteiger charge is 2.18. The SMILES string of the molecule is CCOc1cccc(C(Oc2ccccc2)Oc2ccccc2)n1. The zero-order valence-corrected chi connectivity index (χ0v) is 13.5. The Hall–Kier alpha value is -3.01. The van der Waals surface area contributed by atoms with Crippen LogP contribution in [0.1, 0.15) is 18.9 Å². The van der Waals surface area contributed by atoms with Crippen LogP contribution in [0.2, 0.25) is 0 Å². The van der Waals surface area contributed by atoms with Gasteiger partial charge in [0.05, 0.1) is 6.61 Å². The number of para-hydroxylation sites is 2. The molecule has 0 N–H and O–H groups in total. The molecule has 0 fully saturated rings. The van der Waals surface area contributed by atoms with Crippen molar-refractivity contribution in [3.63, 3.8) is 0 Å². The predicted molar refractivity (Wildman–Crippen MR) is 92.3 cm³/mol. The van der Waals surface area contributed by atoms with Crippen molar-refractivity contribution in [2.45, 2.75) is 13.2 Å². The van der Waals surface area contributed by atoms with E-state index in [1.165, 1.54) is 0 Å². The molecule has 0 saturated carbocycles. The molecule has 1 aromatic heterocycles. The Kier molecular flexibility index (Phi) is 5.30. The number of hydrogen-bond donors (Lipinski definition) is 0. The Balaban J connectivity index is 1.87. The first kappa shape index (κ1) is 15.9. The van der Waals surface area contributed by atoms with Crippen LogP contribution < -0.4 is 14.2 Å². The molecule has 4 heteroatoms. The van der Waals surface area contributed by atoms with Crippen LogP contribution in [0, 0.1) is 0 Å². The maximum absolute atomic E-state index is 6.00. The van der Waals surface area contributed by atoms with Crippen molar-refractivity contribution < 1.29 is 14.2 Å². The van der Waals surface area contributed by atoms with Crippen molar-refractivity contribution in [2.75, 3.05) is 6.61 Å². The van der Waals surface area contributed by atoms with E-state index >= 15 is 0 Å². The molecule has 4 nitrogen and oxygen atoms in total. The molecule has 0 saturated heterocycles. The van der Waals surface area contributed by atoms with Crippen molar-refractivity contribution in [3.05, 3.63) is 84.6 Å². The van der Waals surface area contributed by atoms with E-state index < -0.39 is 6.29 Å². The van der Waals surface area contributed by atoms with E-state index in [-0.39, 0.29) is 0 Å². The number of nitrogens with zero attached hydrogens (tertiary/aromatic N) is 1. The third-order valence-electron chi connectivity index (χ3n) is 3.25. The van der Waals surface area contributed by atoms with Crippen LogP contribution in [0.3, 0.4) is 0 Å². The average molecular weight is 321 g/mol. The lowest BCUT2D eigenvalue weighted by Crippen LogP contribution is -2.16. The second-order valence-corrected chi connectivity index (χ2v) is 5.03. The normalized spacial score (nSPS) is 10.4. The van der Waals surface area contributed by atoms with Crippen molar-refractivity contribution in [1.29, 1.82) is 0 Å². The molecule has 0 unspecified atom stereocenters. The Labute approximate surface area is 141 Å². The van der Waals surface area contributed by atoms with Gasteiger partial charge in [0.25, 0.3) is 6.29 Å². The minimum Gasteiger partial charge on any atom is -0.478 e. The van der Waals surface area contributed by atoms with E-state index in [0.717, 1.165) is 0 Å². The minimum absolute atomic E-state index is 0.549. The molecule has 0 bridgehead atoms. The smallest absolute Gasteiger partial charge is 0.284 e. The molecule has 0 atom stereocenters. The Bertz CT molecular complexity index is 706. The quantitative estimate of drug-likeness (QED) is 0.595. The topological polar surface area (TPSA) is 40.6 Å². The summed E-state index contributed by atoms with van der Waals surface area (Å²) in [5, 5.41) is 0. The van der Waals surface area contributed by atoms with Gasteiger partial charge in [0.15, 0.2) is 0 Å². The zero-order chi connectivity index (χ0) is 16.6. The van der Waals surface area contributed by atoms with Gasteiger partial charge in [-0.15, -0.1) is 0 Å². The Morgan fingerprint density at radius 1 is 0.750 bits per heavy atom. The van der Waals surface area contributed by atoms with E-state index in [4.69, 9.17) is 14.2 Å². The fourth-order valence-electron chi connectivity index (χ4n) is 2.18. The molecule has 3 rings (SSSR count). The van der Waals surface area contributed by atoms with Crippen LogP contribution in [0.25, 0.3) is 0 Å². The molecule has 0 aliphatic rings. The van der Waals surface area contributed by atoms with E-state index in [0.29, 0.717) is 29.7 Å². The summed E-state index contributed by atoms with van der Waals surface area (Å²) in [6.07, 6.45) is -0.671. The largest absolute Gasteiger partial charge is 0.478 e. The fraction of sp³-hybridized carbons (Fsp3) is 0.150. The van der Waals surface area contributed by atoms with Crippen LogP contribution in [-0.2, 0) is 0 Å². The van der Waals surface area contributed by atoms with Crippen molar-refractivity contribution in [1.82, 2.24) is 4.98 Å². The molecule has 122 valence electrons. The number of benzene rings is 2. The molecular weight excluding hydrogens is 302 g/mol. The van der Waals surface area contributed by atoms with Gasteiger partial charge in [0.1, 0.15) is 17.2 Å². The summed E-state index contributed by atoms with van der Waals surface area (Å²) in [6, 6.07) is 24.6. The number of pyridine rings is 1. The summed E-state index contributed by atoms with van der Waals surface area (Å²) >= 11 is 0. The molecule has 0 amide bonds. The van der Waals surface area contributed by atoms with Crippen LogP contribution in [0.5, 0.6) is 17.4 Å². The lowest BCUT2D eigenvalue weighted by atomic mass is 10.3. The maximum Gasteiger partial charge on any atom is 0.284 e. The summed E-state index contributed by atoms with van der Waals surface area (Å²) in [5.74, 6) is 1.97. The highest BCUT2D eigenvalue weighted by atomic mass is 16.7. The molecule has 0 aliphatic heterocycles. The van der Waals surface area contributed by atoms with Gasteiger partial charge in [-0.1, -0.05) is 42.5 Å². The Morgan fingerprint density at radius 3 is 1.88 bits per heavy atom. The number of rotatable bonds is 7. The summed E-state index contributed by atoms with van der Waals surface area (Å²) in [7, 11) is 0. The highest BCUT2D eigenvalue weighted by Crippen LogP contribution is 2.25. The fourth-order valence-corrected chi connectivity index (χ4v) is 2.18. The number of hydrogen-bond acceptors (Lipinski definition) is 4. The maximum atomic E-state index is 6.00. The molecule has 2 aromatic carbocycles. The summed E-state index contributed by atoms with van der Waals surface area (Å²) in [6.45, 7) is 2.48. The van der Waals surface area contributed by atoms with Crippen molar-refractivity contribution in [3.8, 4) is 17.4 Å². The van der Waals surface area contributed by atoms with Crippen LogP contribution in [0.4, 0.5) is 0 Å². The monoisotopic (exact) mass is 321 g/mol. The third-order valence-corrected chi connectivity index (χ3v) is 3.25. The first-order valence-electron chi connectivity index (χ1n) is 7.88. The van der Waals surface area contributed by atoms with Gasteiger partial charge in [0, 0.05) is 6.07 Å². The predicted octanol–water partition coefficient (Wildman–Crippen LogP) is 4.64. The molecule has 1 heterocycles. The standard InChI is InChI=1S/C20H19NO3/c1-2-22-19-15-9-14-18(21-19)20(23-16-10-5-3-6-11-16)24-17-12-7-4-8-13-17/h3-15,20H,2H2,1H3.